The topological polar surface area (TPSA) is 162 Å². The van der Waals surface area contributed by atoms with Crippen LogP contribution in [0.25, 0.3) is 0 Å². The van der Waals surface area contributed by atoms with Gasteiger partial charge < -0.3 is 33.6 Å². The van der Waals surface area contributed by atoms with Crippen LogP contribution in [0.2, 0.25) is 0 Å². The average Bonchev–Trinajstić information content (AvgIpc) is 2.91. The number of carbonyl (C=O) groups is 2. The Labute approximate surface area is 264 Å². The van der Waals surface area contributed by atoms with Crippen LogP contribution in [0.15, 0.2) is 58.3 Å². The minimum Gasteiger partial charge on any atom is -0.398 e. The minimum atomic E-state index is -0.284. The molecule has 0 aliphatic rings. The van der Waals surface area contributed by atoms with Gasteiger partial charge in [0.1, 0.15) is 0 Å². The maximum atomic E-state index is 13.4. The summed E-state index contributed by atoms with van der Waals surface area (Å²) < 4.78 is 0. The Bertz CT molecular complexity index is 1460. The van der Waals surface area contributed by atoms with Crippen LogP contribution in [0.1, 0.15) is 68.6 Å². The van der Waals surface area contributed by atoms with Crippen LogP contribution in [0, 0.1) is 0 Å². The molecule has 3 aromatic carbocycles. The fourth-order valence-corrected chi connectivity index (χ4v) is 6.02. The SMILES string of the molecule is CC(C)(C)c1cc(N)c(SCCN)c(NC(=O)Cc2cccc(C(=O)Nc3cc(C(C)(C)C)cc(N)c3SCCN)c2)c1. The first-order valence-electron chi connectivity index (χ1n) is 14.4. The largest absolute Gasteiger partial charge is 0.398 e. The van der Waals surface area contributed by atoms with Crippen molar-refractivity contribution >= 4 is 58.1 Å². The van der Waals surface area contributed by atoms with Crippen LogP contribution in [0.4, 0.5) is 22.7 Å². The Hall–Kier alpha value is -3.18. The van der Waals surface area contributed by atoms with E-state index in [0.717, 1.165) is 20.9 Å². The van der Waals surface area contributed by atoms with Gasteiger partial charge in [0.2, 0.25) is 5.91 Å². The summed E-state index contributed by atoms with van der Waals surface area (Å²) >= 11 is 3.04. The predicted molar refractivity (Wildman–Crippen MR) is 185 cm³/mol. The van der Waals surface area contributed by atoms with Crippen LogP contribution in [0.5, 0.6) is 0 Å². The smallest absolute Gasteiger partial charge is 0.255 e. The Morgan fingerprint density at radius 1 is 0.721 bits per heavy atom. The lowest BCUT2D eigenvalue weighted by Crippen LogP contribution is -2.19. The fraction of sp³-hybridized carbons (Fsp3) is 0.394. The maximum Gasteiger partial charge on any atom is 0.255 e. The highest BCUT2D eigenvalue weighted by molar-refractivity contribution is 7.99. The highest BCUT2D eigenvalue weighted by Crippen LogP contribution is 2.39. The van der Waals surface area contributed by atoms with Crippen LogP contribution in [0.3, 0.4) is 0 Å². The highest BCUT2D eigenvalue weighted by Gasteiger charge is 2.21. The zero-order valence-electron chi connectivity index (χ0n) is 26.1. The van der Waals surface area contributed by atoms with Gasteiger partial charge in [-0.25, -0.2) is 0 Å². The second kappa shape index (κ2) is 14.5. The van der Waals surface area contributed by atoms with Gasteiger partial charge in [0.25, 0.3) is 5.91 Å². The van der Waals surface area contributed by atoms with E-state index in [1.54, 1.807) is 18.2 Å². The molecule has 0 fully saturated rings. The van der Waals surface area contributed by atoms with Crippen molar-refractivity contribution in [3.8, 4) is 0 Å². The first-order chi connectivity index (χ1) is 20.1. The summed E-state index contributed by atoms with van der Waals surface area (Å²) in [6, 6.07) is 15.0. The third-order valence-electron chi connectivity index (χ3n) is 6.77. The third-order valence-corrected chi connectivity index (χ3v) is 9.14. The number of nitrogens with two attached hydrogens (primary N) is 4. The van der Waals surface area contributed by atoms with Crippen molar-refractivity contribution in [3.63, 3.8) is 0 Å². The van der Waals surface area contributed by atoms with Crippen LogP contribution in [-0.4, -0.2) is 36.4 Å². The molecule has 0 aromatic heterocycles. The molecule has 3 rings (SSSR count). The van der Waals surface area contributed by atoms with Crippen molar-refractivity contribution in [1.82, 2.24) is 0 Å². The standard InChI is InChI=1S/C33H46N6O2S2/c1-32(2,3)22-16-24(36)29(42-12-10-34)26(18-22)38-28(40)15-20-8-7-9-21(14-20)31(41)39-27-19-23(33(4,5)6)17-25(37)30(27)43-13-11-35/h7-9,14,16-19H,10-13,15,34-37H2,1-6H3,(H,38,40)(H,39,41). The number of carbonyl (C=O) groups excluding carboxylic acids is 2. The van der Waals surface area contributed by atoms with E-state index in [4.69, 9.17) is 22.9 Å². The molecule has 0 unspecified atom stereocenters. The van der Waals surface area contributed by atoms with Crippen molar-refractivity contribution in [2.24, 2.45) is 11.5 Å². The summed E-state index contributed by atoms with van der Waals surface area (Å²) in [4.78, 5) is 28.3. The normalized spacial score (nSPS) is 11.8. The van der Waals surface area contributed by atoms with Gasteiger partial charge >= 0.3 is 0 Å². The lowest BCUT2D eigenvalue weighted by atomic mass is 9.86. The quantitative estimate of drug-likeness (QED) is 0.112. The van der Waals surface area contributed by atoms with E-state index in [2.05, 4.69) is 52.2 Å². The number of benzene rings is 3. The number of nitrogen functional groups attached to an aromatic ring is 2. The molecule has 0 aliphatic carbocycles. The minimum absolute atomic E-state index is 0.0891. The van der Waals surface area contributed by atoms with E-state index in [0.29, 0.717) is 58.5 Å². The van der Waals surface area contributed by atoms with Crippen molar-refractivity contribution in [2.75, 3.05) is 46.7 Å². The monoisotopic (exact) mass is 622 g/mol. The Morgan fingerprint density at radius 2 is 1.21 bits per heavy atom. The molecule has 0 atom stereocenters. The Balaban J connectivity index is 1.84. The van der Waals surface area contributed by atoms with Gasteiger partial charge in [-0.15, -0.1) is 23.5 Å². The Kier molecular flexibility index (Phi) is 11.6. The molecule has 0 radical (unpaired) electrons. The molecule has 3 aromatic rings. The number of rotatable bonds is 11. The highest BCUT2D eigenvalue weighted by atomic mass is 32.2. The summed E-state index contributed by atoms with van der Waals surface area (Å²) in [5, 5.41) is 6.11. The molecule has 43 heavy (non-hydrogen) atoms. The second-order valence-corrected chi connectivity index (χ2v) is 14.7. The lowest BCUT2D eigenvalue weighted by Gasteiger charge is -2.23. The Morgan fingerprint density at radius 3 is 1.67 bits per heavy atom. The molecular formula is C33H46N6O2S2. The molecule has 0 spiro atoms. The van der Waals surface area contributed by atoms with E-state index in [9.17, 15) is 9.59 Å². The molecule has 8 nitrogen and oxygen atoms in total. The zero-order valence-corrected chi connectivity index (χ0v) is 27.7. The van der Waals surface area contributed by atoms with Gasteiger partial charge in [-0.3, -0.25) is 9.59 Å². The third kappa shape index (κ3) is 9.40. The van der Waals surface area contributed by atoms with Crippen molar-refractivity contribution in [2.45, 2.75) is 68.6 Å². The first-order valence-corrected chi connectivity index (χ1v) is 16.3. The average molecular weight is 623 g/mol. The van der Waals surface area contributed by atoms with Crippen LogP contribution < -0.4 is 33.6 Å². The van der Waals surface area contributed by atoms with Gasteiger partial charge in [0.05, 0.1) is 27.6 Å². The number of hydrogen-bond acceptors (Lipinski definition) is 8. The van der Waals surface area contributed by atoms with E-state index in [-0.39, 0.29) is 29.1 Å². The number of nitrogens with one attached hydrogen (secondary N) is 2. The number of thioether (sulfide) groups is 2. The summed E-state index contributed by atoms with van der Waals surface area (Å²) in [6.45, 7) is 13.6. The molecule has 0 saturated carbocycles. The number of anilines is 4. The van der Waals surface area contributed by atoms with Gasteiger partial charge in [-0.05, 0) is 63.9 Å². The van der Waals surface area contributed by atoms with Gasteiger partial charge in [-0.2, -0.15) is 0 Å². The van der Waals surface area contributed by atoms with Gasteiger partial charge in [-0.1, -0.05) is 53.7 Å². The first kappa shape index (κ1) is 34.3. The van der Waals surface area contributed by atoms with Crippen LogP contribution >= 0.6 is 23.5 Å². The fourth-order valence-electron chi connectivity index (χ4n) is 4.40. The second-order valence-electron chi connectivity index (χ2n) is 12.5. The molecular weight excluding hydrogens is 577 g/mol. The summed E-state index contributed by atoms with van der Waals surface area (Å²) in [6.07, 6.45) is 0.0891. The lowest BCUT2D eigenvalue weighted by molar-refractivity contribution is -0.115. The van der Waals surface area contributed by atoms with Crippen molar-refractivity contribution < 1.29 is 9.59 Å². The summed E-state index contributed by atoms with van der Waals surface area (Å²) in [5.74, 6) is 0.858. The van der Waals surface area contributed by atoms with Crippen molar-refractivity contribution in [3.05, 3.63) is 70.8 Å². The molecule has 0 saturated heterocycles. The van der Waals surface area contributed by atoms with Gasteiger partial charge in [0.15, 0.2) is 0 Å². The molecule has 0 aliphatic heterocycles. The molecule has 232 valence electrons. The van der Waals surface area contributed by atoms with E-state index < -0.39 is 0 Å². The number of hydrogen-bond donors (Lipinski definition) is 6. The van der Waals surface area contributed by atoms with E-state index in [1.165, 1.54) is 23.5 Å². The maximum absolute atomic E-state index is 13.4. The molecule has 0 heterocycles. The zero-order chi connectivity index (χ0) is 31.9. The van der Waals surface area contributed by atoms with E-state index >= 15 is 0 Å². The number of amides is 2. The molecule has 2 amide bonds. The predicted octanol–water partition coefficient (Wildman–Crippen LogP) is 5.98. The summed E-state index contributed by atoms with van der Waals surface area (Å²) in [7, 11) is 0. The van der Waals surface area contributed by atoms with Crippen LogP contribution in [-0.2, 0) is 22.0 Å². The van der Waals surface area contributed by atoms with Crippen molar-refractivity contribution in [1.29, 1.82) is 0 Å². The molecule has 0 bridgehead atoms. The van der Waals surface area contributed by atoms with Gasteiger partial charge in [0, 0.05) is 41.5 Å². The molecule has 10 heteroatoms. The van der Waals surface area contributed by atoms with E-state index in [1.807, 2.05) is 30.3 Å². The molecule has 10 N–H and O–H groups in total. The summed E-state index contributed by atoms with van der Waals surface area (Å²) in [5.41, 5.74) is 29.7.